The molecule has 7 heteroatoms. The molecule has 0 bridgehead atoms. The summed E-state index contributed by atoms with van der Waals surface area (Å²) in [6.07, 6.45) is 3.77. The zero-order chi connectivity index (χ0) is 20.4. The van der Waals surface area contributed by atoms with Crippen molar-refractivity contribution >= 4 is 23.5 Å². The second kappa shape index (κ2) is 10.8. The molecule has 0 aliphatic carbocycles. The van der Waals surface area contributed by atoms with Crippen LogP contribution in [-0.2, 0) is 19.1 Å². The molecule has 0 aliphatic heterocycles. The van der Waals surface area contributed by atoms with E-state index in [0.717, 1.165) is 6.42 Å². The van der Waals surface area contributed by atoms with Crippen molar-refractivity contribution in [3.8, 4) is 5.75 Å². The molecule has 0 heterocycles. The second-order valence-corrected chi connectivity index (χ2v) is 7.49. The Bertz CT molecular complexity index is 654. The average molecular weight is 398 g/mol. The van der Waals surface area contributed by atoms with Crippen molar-refractivity contribution in [2.24, 2.45) is 5.41 Å². The van der Waals surface area contributed by atoms with Gasteiger partial charge in [-0.25, -0.2) is 14.7 Å². The number of para-hydroxylation sites is 1. The maximum atomic E-state index is 12.4. The Hall–Kier alpha value is -2.21. The maximum absolute atomic E-state index is 12.4. The lowest BCUT2D eigenvalue weighted by Gasteiger charge is -2.30. The number of carbonyl (C=O) groups is 2. The molecule has 0 fully saturated rings. The predicted octanol–water partition coefficient (Wildman–Crippen LogP) is 4.38. The monoisotopic (exact) mass is 397 g/mol. The molecule has 0 aromatic heterocycles. The van der Waals surface area contributed by atoms with E-state index in [4.69, 9.17) is 25.9 Å². The van der Waals surface area contributed by atoms with Gasteiger partial charge in [0.1, 0.15) is 0 Å². The third-order valence-electron chi connectivity index (χ3n) is 3.63. The van der Waals surface area contributed by atoms with Crippen LogP contribution in [0.2, 0.25) is 5.02 Å². The molecule has 1 unspecified atom stereocenters. The molecule has 27 heavy (non-hydrogen) atoms. The number of nitrogens with zero attached hydrogens (tertiary/aromatic N) is 1. The lowest BCUT2D eigenvalue weighted by atomic mass is 9.88. The standard InChI is InChI=1S/C20H28ClNO5/c1-6-26-18(23)12-14-22(27-17-10-8-7-9-15(17)21)16(19(24)25-5)11-13-20(2,3)4/h7-10,12,14,16H,6,11,13H2,1-5H3. The van der Waals surface area contributed by atoms with E-state index < -0.39 is 18.0 Å². The molecule has 1 atom stereocenters. The first-order valence-electron chi connectivity index (χ1n) is 8.81. The summed E-state index contributed by atoms with van der Waals surface area (Å²) in [7, 11) is 1.31. The number of halogens is 1. The van der Waals surface area contributed by atoms with Gasteiger partial charge in [-0.1, -0.05) is 44.5 Å². The highest BCUT2D eigenvalue weighted by atomic mass is 35.5. The Morgan fingerprint density at radius 1 is 1.26 bits per heavy atom. The zero-order valence-electron chi connectivity index (χ0n) is 16.5. The highest BCUT2D eigenvalue weighted by molar-refractivity contribution is 6.32. The molecular formula is C20H28ClNO5. The quantitative estimate of drug-likeness (QED) is 0.350. The summed E-state index contributed by atoms with van der Waals surface area (Å²) in [4.78, 5) is 29.9. The summed E-state index contributed by atoms with van der Waals surface area (Å²) in [5.74, 6) is -0.651. The van der Waals surface area contributed by atoms with Crippen LogP contribution in [0.5, 0.6) is 5.75 Å². The van der Waals surface area contributed by atoms with Crippen LogP contribution in [0.15, 0.2) is 36.5 Å². The summed E-state index contributed by atoms with van der Waals surface area (Å²) in [6, 6.07) is 6.12. The maximum Gasteiger partial charge on any atom is 0.332 e. The van der Waals surface area contributed by atoms with Gasteiger partial charge >= 0.3 is 11.9 Å². The summed E-state index contributed by atoms with van der Waals surface area (Å²) < 4.78 is 9.83. The first-order valence-corrected chi connectivity index (χ1v) is 9.19. The normalized spacial score (nSPS) is 12.5. The minimum absolute atomic E-state index is 0.00713. The van der Waals surface area contributed by atoms with Crippen molar-refractivity contribution in [2.45, 2.75) is 46.6 Å². The van der Waals surface area contributed by atoms with Gasteiger partial charge in [-0.2, -0.15) is 0 Å². The topological polar surface area (TPSA) is 65.1 Å². The summed E-state index contributed by atoms with van der Waals surface area (Å²) in [5, 5.41) is 1.67. The van der Waals surface area contributed by atoms with Gasteiger partial charge in [-0.3, -0.25) is 0 Å². The third kappa shape index (κ3) is 8.35. The van der Waals surface area contributed by atoms with Crippen LogP contribution in [-0.4, -0.2) is 36.8 Å². The van der Waals surface area contributed by atoms with Crippen LogP contribution in [0.3, 0.4) is 0 Å². The van der Waals surface area contributed by atoms with E-state index in [1.54, 1.807) is 31.2 Å². The van der Waals surface area contributed by atoms with Gasteiger partial charge in [0, 0.05) is 12.3 Å². The molecule has 150 valence electrons. The first-order chi connectivity index (χ1) is 12.7. The van der Waals surface area contributed by atoms with Crippen molar-refractivity contribution in [1.29, 1.82) is 0 Å². The number of benzene rings is 1. The Morgan fingerprint density at radius 3 is 2.48 bits per heavy atom. The van der Waals surface area contributed by atoms with Crippen molar-refractivity contribution in [2.75, 3.05) is 13.7 Å². The lowest BCUT2D eigenvalue weighted by Crippen LogP contribution is -2.41. The zero-order valence-corrected chi connectivity index (χ0v) is 17.3. The minimum Gasteiger partial charge on any atom is -0.467 e. The lowest BCUT2D eigenvalue weighted by molar-refractivity contribution is -0.158. The van der Waals surface area contributed by atoms with Crippen LogP contribution in [0.1, 0.15) is 40.5 Å². The number of methoxy groups -OCH3 is 1. The average Bonchev–Trinajstić information content (AvgIpc) is 2.60. The van der Waals surface area contributed by atoms with E-state index in [-0.39, 0.29) is 12.0 Å². The van der Waals surface area contributed by atoms with Gasteiger partial charge < -0.3 is 14.3 Å². The van der Waals surface area contributed by atoms with Crippen molar-refractivity contribution < 1.29 is 23.9 Å². The van der Waals surface area contributed by atoms with Crippen molar-refractivity contribution in [3.05, 3.63) is 41.6 Å². The van der Waals surface area contributed by atoms with Gasteiger partial charge in [-0.05, 0) is 37.3 Å². The highest BCUT2D eigenvalue weighted by Crippen LogP contribution is 2.28. The van der Waals surface area contributed by atoms with Crippen LogP contribution >= 0.6 is 11.6 Å². The number of hydrogen-bond acceptors (Lipinski definition) is 6. The van der Waals surface area contributed by atoms with E-state index in [1.807, 2.05) is 0 Å². The van der Waals surface area contributed by atoms with Gasteiger partial charge in [0.15, 0.2) is 11.8 Å². The second-order valence-electron chi connectivity index (χ2n) is 7.09. The first kappa shape index (κ1) is 22.8. The molecule has 0 aliphatic rings. The molecule has 0 amide bonds. The Labute approximate surface area is 166 Å². The molecular weight excluding hydrogens is 370 g/mol. The molecule has 1 aromatic carbocycles. The van der Waals surface area contributed by atoms with Crippen molar-refractivity contribution in [3.63, 3.8) is 0 Å². The van der Waals surface area contributed by atoms with Crippen LogP contribution in [0.25, 0.3) is 0 Å². The van der Waals surface area contributed by atoms with Gasteiger partial charge in [0.25, 0.3) is 0 Å². The number of hydrogen-bond donors (Lipinski definition) is 0. The molecule has 6 nitrogen and oxygen atoms in total. The van der Waals surface area contributed by atoms with E-state index >= 15 is 0 Å². The van der Waals surface area contributed by atoms with Gasteiger partial charge in [-0.15, -0.1) is 0 Å². The fourth-order valence-corrected chi connectivity index (χ4v) is 2.38. The fourth-order valence-electron chi connectivity index (χ4n) is 2.21. The van der Waals surface area contributed by atoms with E-state index in [0.29, 0.717) is 17.2 Å². The number of rotatable bonds is 9. The molecule has 1 rings (SSSR count). The smallest absolute Gasteiger partial charge is 0.332 e. The molecule has 0 radical (unpaired) electrons. The Kier molecular flexibility index (Phi) is 9.15. The molecule has 0 spiro atoms. The number of carbonyl (C=O) groups excluding carboxylic acids is 2. The van der Waals surface area contributed by atoms with E-state index in [9.17, 15) is 9.59 Å². The molecule has 1 aromatic rings. The number of esters is 2. The fraction of sp³-hybridized carbons (Fsp3) is 0.500. The Balaban J connectivity index is 3.14. The largest absolute Gasteiger partial charge is 0.467 e. The summed E-state index contributed by atoms with van der Waals surface area (Å²) in [5.41, 5.74) is 0.00713. The Morgan fingerprint density at radius 2 is 1.93 bits per heavy atom. The van der Waals surface area contributed by atoms with Gasteiger partial charge in [0.05, 0.1) is 18.7 Å². The van der Waals surface area contributed by atoms with Crippen molar-refractivity contribution in [1.82, 2.24) is 5.06 Å². The molecule has 0 saturated carbocycles. The van der Waals surface area contributed by atoms with Crippen LogP contribution in [0.4, 0.5) is 0 Å². The minimum atomic E-state index is -0.754. The van der Waals surface area contributed by atoms with Crippen LogP contribution < -0.4 is 4.84 Å². The molecule has 0 saturated heterocycles. The molecule has 0 N–H and O–H groups in total. The summed E-state index contributed by atoms with van der Waals surface area (Å²) in [6.45, 7) is 8.20. The van der Waals surface area contributed by atoms with Crippen LogP contribution in [0, 0.1) is 5.41 Å². The van der Waals surface area contributed by atoms with E-state index in [1.165, 1.54) is 24.4 Å². The predicted molar refractivity (Wildman–Crippen MR) is 104 cm³/mol. The summed E-state index contributed by atoms with van der Waals surface area (Å²) >= 11 is 6.16. The van der Waals surface area contributed by atoms with Gasteiger partial charge in [0.2, 0.25) is 0 Å². The number of ether oxygens (including phenoxy) is 2. The third-order valence-corrected chi connectivity index (χ3v) is 3.95. The SMILES string of the molecule is CCOC(=O)C=CN(Oc1ccccc1Cl)C(CCC(C)(C)C)C(=O)OC. The highest BCUT2D eigenvalue weighted by Gasteiger charge is 2.29. The van der Waals surface area contributed by atoms with E-state index in [2.05, 4.69) is 20.8 Å². The number of hydroxylamine groups is 2.